The van der Waals surface area contributed by atoms with Crippen LogP contribution < -0.4 is 21.1 Å². The lowest BCUT2D eigenvalue weighted by Gasteiger charge is -2.17. The Morgan fingerprint density at radius 2 is 2.05 bits per heavy atom. The Balaban J connectivity index is 1.40. The number of hydrogen-bond acceptors (Lipinski definition) is 7. The van der Waals surface area contributed by atoms with Gasteiger partial charge in [-0.1, -0.05) is 17.7 Å². The van der Waals surface area contributed by atoms with Crippen molar-refractivity contribution in [2.75, 3.05) is 37.7 Å². The highest BCUT2D eigenvalue weighted by atomic mass is 35.5. The normalized spacial score (nSPS) is 15.2. The van der Waals surface area contributed by atoms with Gasteiger partial charge in [-0.3, -0.25) is 19.1 Å². The van der Waals surface area contributed by atoms with Crippen LogP contribution in [0.5, 0.6) is 0 Å². The van der Waals surface area contributed by atoms with E-state index in [1.807, 2.05) is 31.2 Å². The summed E-state index contributed by atoms with van der Waals surface area (Å²) in [6.45, 7) is 3.72. The molecule has 4 rings (SSSR count). The number of carbonyl (C=O) groups is 2. The predicted molar refractivity (Wildman–Crippen MR) is 144 cm³/mol. The molecular weight excluding hydrogens is 516 g/mol. The number of nitrogens with one attached hydrogen (secondary N) is 2. The molecule has 196 valence electrons. The molecule has 0 spiro atoms. The van der Waals surface area contributed by atoms with E-state index in [1.165, 1.54) is 16.2 Å². The largest absolute Gasteiger partial charge is 0.442 e. The zero-order chi connectivity index (χ0) is 26.4. The maximum Gasteiger partial charge on any atom is 0.414 e. The van der Waals surface area contributed by atoms with Crippen molar-refractivity contribution >= 4 is 40.6 Å². The monoisotopic (exact) mass is 544 g/mol. The molecule has 0 aliphatic carbocycles. The Bertz CT molecular complexity index is 1320. The predicted octanol–water partition coefficient (Wildman–Crippen LogP) is 3.13. The number of halogens is 1. The Labute approximate surface area is 223 Å². The number of hydrogen-bond donors (Lipinski definition) is 3. The summed E-state index contributed by atoms with van der Waals surface area (Å²) in [5.41, 5.74) is 2.86. The van der Waals surface area contributed by atoms with E-state index in [0.29, 0.717) is 34.4 Å². The van der Waals surface area contributed by atoms with E-state index in [0.717, 1.165) is 29.8 Å². The number of cyclic esters (lactones) is 1. The van der Waals surface area contributed by atoms with Crippen LogP contribution >= 0.6 is 22.9 Å². The summed E-state index contributed by atoms with van der Waals surface area (Å²) < 4.78 is 7.60. The van der Waals surface area contributed by atoms with Gasteiger partial charge in [0.15, 0.2) is 0 Å². The van der Waals surface area contributed by atoms with Gasteiger partial charge in [-0.25, -0.2) is 4.79 Å². The first-order chi connectivity index (χ1) is 17.9. The quantitative estimate of drug-likeness (QED) is 0.320. The first-order valence-corrected chi connectivity index (χ1v) is 13.2. The molecular formula is C26H29ClN4O5S. The second-order valence-corrected chi connectivity index (χ2v) is 10.4. The molecule has 0 radical (unpaired) electrons. The minimum atomic E-state index is -0.488. The van der Waals surface area contributed by atoms with E-state index in [-0.39, 0.29) is 24.6 Å². The molecule has 3 N–H and O–H groups in total. The summed E-state index contributed by atoms with van der Waals surface area (Å²) >= 11 is 7.07. The number of aliphatic hydroxyl groups excluding tert-OH is 1. The van der Waals surface area contributed by atoms with Crippen molar-refractivity contribution in [1.82, 2.24) is 15.2 Å². The molecule has 3 aromatic rings. The van der Waals surface area contributed by atoms with Gasteiger partial charge in [0.1, 0.15) is 6.10 Å². The summed E-state index contributed by atoms with van der Waals surface area (Å²) in [5, 5.41) is 14.7. The second-order valence-electron chi connectivity index (χ2n) is 8.69. The number of aryl methyl sites for hydroxylation is 2. The number of benzene rings is 1. The molecule has 1 aliphatic rings. The van der Waals surface area contributed by atoms with Gasteiger partial charge in [-0.05, 0) is 68.3 Å². The number of thiophene rings is 1. The lowest BCUT2D eigenvalue weighted by atomic mass is 10.1. The average Bonchev–Trinajstić information content (AvgIpc) is 3.49. The fourth-order valence-electron chi connectivity index (χ4n) is 4.17. The van der Waals surface area contributed by atoms with Crippen LogP contribution in [0.4, 0.5) is 10.5 Å². The second kappa shape index (κ2) is 12.4. The molecule has 1 saturated heterocycles. The van der Waals surface area contributed by atoms with Crippen molar-refractivity contribution < 1.29 is 19.4 Å². The lowest BCUT2D eigenvalue weighted by Crippen LogP contribution is -2.34. The van der Waals surface area contributed by atoms with Crippen LogP contribution in [-0.4, -0.2) is 60.6 Å². The number of anilines is 1. The Kier molecular flexibility index (Phi) is 8.99. The zero-order valence-electron chi connectivity index (χ0n) is 20.4. The van der Waals surface area contributed by atoms with Crippen LogP contribution in [0.3, 0.4) is 0 Å². The third-order valence-electron chi connectivity index (χ3n) is 6.03. The highest BCUT2D eigenvalue weighted by molar-refractivity contribution is 7.18. The van der Waals surface area contributed by atoms with Crippen LogP contribution in [0, 0.1) is 6.92 Å². The minimum absolute atomic E-state index is 0.0797. The lowest BCUT2D eigenvalue weighted by molar-refractivity contribution is 0.0920. The van der Waals surface area contributed by atoms with Crippen LogP contribution in [-0.2, 0) is 11.2 Å². The van der Waals surface area contributed by atoms with Crippen molar-refractivity contribution in [3.05, 3.63) is 79.4 Å². The molecule has 1 aromatic carbocycles. The zero-order valence-corrected chi connectivity index (χ0v) is 22.0. The van der Waals surface area contributed by atoms with Gasteiger partial charge in [0.25, 0.3) is 11.5 Å². The van der Waals surface area contributed by atoms with Gasteiger partial charge >= 0.3 is 6.09 Å². The molecule has 1 aliphatic heterocycles. The third-order valence-corrected chi connectivity index (χ3v) is 7.26. The molecule has 3 heterocycles. The van der Waals surface area contributed by atoms with Crippen LogP contribution in [0.2, 0.25) is 4.34 Å². The maximum atomic E-state index is 13.1. The van der Waals surface area contributed by atoms with E-state index in [1.54, 1.807) is 29.0 Å². The molecule has 0 bridgehead atoms. The third kappa shape index (κ3) is 6.58. The summed E-state index contributed by atoms with van der Waals surface area (Å²) in [6, 6.07) is 12.5. The molecule has 9 nitrogen and oxygen atoms in total. The van der Waals surface area contributed by atoms with Crippen LogP contribution in [0.25, 0.3) is 5.69 Å². The first kappa shape index (κ1) is 26.9. The number of amides is 2. The van der Waals surface area contributed by atoms with Crippen molar-refractivity contribution in [1.29, 1.82) is 0 Å². The molecule has 0 unspecified atom stereocenters. The molecule has 2 aromatic heterocycles. The minimum Gasteiger partial charge on any atom is -0.442 e. The SMILES string of the molecule is Cc1cc(N2C[C@H](CNC(=O)c3ccc(Cl)s3)OC2=O)ccc1-n1cccc(CCCNCCO)c1=O. The molecule has 0 saturated carbocycles. The molecule has 11 heteroatoms. The van der Waals surface area contributed by atoms with Gasteiger partial charge in [-0.15, -0.1) is 11.3 Å². The fraction of sp³-hybridized carbons (Fsp3) is 0.346. The number of pyridine rings is 1. The van der Waals surface area contributed by atoms with Gasteiger partial charge in [0.2, 0.25) is 0 Å². The maximum absolute atomic E-state index is 13.1. The summed E-state index contributed by atoms with van der Waals surface area (Å²) in [5.74, 6) is -0.263. The molecule has 37 heavy (non-hydrogen) atoms. The number of rotatable bonds is 11. The summed E-state index contributed by atoms with van der Waals surface area (Å²) in [6.07, 6.45) is 2.18. The highest BCUT2D eigenvalue weighted by Gasteiger charge is 2.33. The molecule has 1 fully saturated rings. The van der Waals surface area contributed by atoms with E-state index >= 15 is 0 Å². The van der Waals surface area contributed by atoms with E-state index in [2.05, 4.69) is 10.6 Å². The van der Waals surface area contributed by atoms with Gasteiger partial charge in [0, 0.05) is 24.0 Å². The Hall–Kier alpha value is -3.18. The molecule has 1 atom stereocenters. The van der Waals surface area contributed by atoms with Gasteiger partial charge in [0.05, 0.1) is 34.6 Å². The Morgan fingerprint density at radius 1 is 1.22 bits per heavy atom. The number of aliphatic hydroxyl groups is 1. The molecule has 2 amide bonds. The topological polar surface area (TPSA) is 113 Å². The first-order valence-electron chi connectivity index (χ1n) is 12.0. The Morgan fingerprint density at radius 3 is 2.78 bits per heavy atom. The van der Waals surface area contributed by atoms with Crippen molar-refractivity contribution in [2.45, 2.75) is 25.9 Å². The fourth-order valence-corrected chi connectivity index (χ4v) is 5.13. The number of ether oxygens (including phenoxy) is 1. The van der Waals surface area contributed by atoms with E-state index in [9.17, 15) is 14.4 Å². The standard InChI is InChI=1S/C26H29ClN4O5S/c1-17-14-19(31-16-20(36-26(31)35)15-29-24(33)22-8-9-23(27)37-22)6-7-21(17)30-12-3-5-18(25(30)34)4-2-10-28-11-13-32/h3,5-9,12,14,20,28,32H,2,4,10-11,13,15-16H2,1H3,(H,29,33)/t20-/m0/s1. The van der Waals surface area contributed by atoms with Crippen molar-refractivity contribution in [3.63, 3.8) is 0 Å². The van der Waals surface area contributed by atoms with Crippen LogP contribution in [0.1, 0.15) is 27.2 Å². The smallest absolute Gasteiger partial charge is 0.414 e. The van der Waals surface area contributed by atoms with Crippen LogP contribution in [0.15, 0.2) is 53.5 Å². The summed E-state index contributed by atoms with van der Waals surface area (Å²) in [4.78, 5) is 39.9. The van der Waals surface area contributed by atoms with E-state index < -0.39 is 12.2 Å². The number of aromatic nitrogens is 1. The van der Waals surface area contributed by atoms with Gasteiger partial charge < -0.3 is 20.5 Å². The van der Waals surface area contributed by atoms with Crippen molar-refractivity contribution in [3.8, 4) is 5.69 Å². The summed E-state index contributed by atoms with van der Waals surface area (Å²) in [7, 11) is 0. The average molecular weight is 545 g/mol. The van der Waals surface area contributed by atoms with Crippen molar-refractivity contribution in [2.24, 2.45) is 0 Å². The number of nitrogens with zero attached hydrogens (tertiary/aromatic N) is 2. The number of carbonyl (C=O) groups excluding carboxylic acids is 2. The highest BCUT2D eigenvalue weighted by Crippen LogP contribution is 2.26. The van der Waals surface area contributed by atoms with E-state index in [4.69, 9.17) is 21.4 Å². The van der Waals surface area contributed by atoms with Gasteiger partial charge in [-0.2, -0.15) is 0 Å².